The second kappa shape index (κ2) is 10.6. The highest BCUT2D eigenvalue weighted by atomic mass is 35.5. The molecule has 4 aromatic carbocycles. The summed E-state index contributed by atoms with van der Waals surface area (Å²) >= 11 is 12.3. The number of fused-ring (bicyclic) bond motifs is 1. The molecule has 1 amide bonds. The first-order valence-electron chi connectivity index (χ1n) is 10.6. The van der Waals surface area contributed by atoms with Gasteiger partial charge >= 0.3 is 5.97 Å². The van der Waals surface area contributed by atoms with Crippen LogP contribution in [0, 0.1) is 0 Å². The van der Waals surface area contributed by atoms with Crippen LogP contribution in [-0.4, -0.2) is 23.0 Å². The van der Waals surface area contributed by atoms with Crippen molar-refractivity contribution < 1.29 is 19.4 Å². The number of carbonyl (C=O) groups is 2. The first-order chi connectivity index (χ1) is 16.4. The first kappa shape index (κ1) is 23.6. The van der Waals surface area contributed by atoms with E-state index in [1.807, 2.05) is 54.6 Å². The summed E-state index contributed by atoms with van der Waals surface area (Å²) in [6.07, 6.45) is 0.201. The molecule has 2 N–H and O–H groups in total. The number of amides is 1. The van der Waals surface area contributed by atoms with Crippen molar-refractivity contribution in [2.75, 3.05) is 0 Å². The zero-order valence-corrected chi connectivity index (χ0v) is 19.5. The number of halogens is 2. The summed E-state index contributed by atoms with van der Waals surface area (Å²) in [6, 6.07) is 24.3. The van der Waals surface area contributed by atoms with E-state index in [-0.39, 0.29) is 13.0 Å². The highest BCUT2D eigenvalue weighted by molar-refractivity contribution is 6.42. The van der Waals surface area contributed by atoms with Crippen molar-refractivity contribution in [3.05, 3.63) is 112 Å². The van der Waals surface area contributed by atoms with Crippen molar-refractivity contribution >= 4 is 45.9 Å². The van der Waals surface area contributed by atoms with Crippen LogP contribution in [0.5, 0.6) is 5.75 Å². The van der Waals surface area contributed by atoms with E-state index in [2.05, 4.69) is 5.32 Å². The van der Waals surface area contributed by atoms with Gasteiger partial charge in [-0.1, -0.05) is 77.8 Å². The van der Waals surface area contributed by atoms with Crippen molar-refractivity contribution in [1.29, 1.82) is 0 Å². The topological polar surface area (TPSA) is 75.6 Å². The Labute approximate surface area is 206 Å². The number of carboxylic acids is 1. The van der Waals surface area contributed by atoms with Crippen molar-refractivity contribution in [2.24, 2.45) is 0 Å². The van der Waals surface area contributed by atoms with Gasteiger partial charge in [0.2, 0.25) is 0 Å². The molecule has 0 spiro atoms. The van der Waals surface area contributed by atoms with E-state index in [0.29, 0.717) is 21.4 Å². The minimum absolute atomic E-state index is 0.201. The molecule has 0 aromatic heterocycles. The number of hydrogen-bond donors (Lipinski definition) is 2. The quantitative estimate of drug-likeness (QED) is 0.308. The summed E-state index contributed by atoms with van der Waals surface area (Å²) in [4.78, 5) is 24.4. The van der Waals surface area contributed by atoms with E-state index in [0.717, 1.165) is 21.9 Å². The lowest BCUT2D eigenvalue weighted by atomic mass is 10.0. The molecule has 0 radical (unpaired) electrons. The highest BCUT2D eigenvalue weighted by Crippen LogP contribution is 2.28. The van der Waals surface area contributed by atoms with Gasteiger partial charge < -0.3 is 15.2 Å². The molecular weight excluding hydrogens is 473 g/mol. The molecule has 4 aromatic rings. The fraction of sp³-hybridized carbons (Fsp3) is 0.111. The normalized spacial score (nSPS) is 11.7. The molecule has 7 heteroatoms. The maximum absolute atomic E-state index is 12.8. The van der Waals surface area contributed by atoms with E-state index in [1.165, 1.54) is 0 Å². The van der Waals surface area contributed by atoms with Crippen LogP contribution >= 0.6 is 23.2 Å². The number of carbonyl (C=O) groups excluding carboxylic acids is 1. The standard InChI is InChI=1S/C27H21Cl2NO4/c28-23-8-4-7-21(25(23)29)16-34-22-12-11-18-14-20(10-9-19(18)15-22)26(31)30-24(27(32)33)13-17-5-2-1-3-6-17/h1-12,14-15,24H,13,16H2,(H,30,31)(H,32,33). The average molecular weight is 494 g/mol. The van der Waals surface area contributed by atoms with Gasteiger partial charge in [-0.2, -0.15) is 0 Å². The molecule has 0 saturated carbocycles. The summed E-state index contributed by atoms with van der Waals surface area (Å²) in [5.74, 6) is -0.879. The third-order valence-electron chi connectivity index (χ3n) is 5.39. The Kier molecular flexibility index (Phi) is 7.36. The minimum atomic E-state index is -1.08. The van der Waals surface area contributed by atoms with Crippen LogP contribution in [0.1, 0.15) is 21.5 Å². The molecule has 34 heavy (non-hydrogen) atoms. The lowest BCUT2D eigenvalue weighted by molar-refractivity contribution is -0.139. The highest BCUT2D eigenvalue weighted by Gasteiger charge is 2.21. The van der Waals surface area contributed by atoms with Gasteiger partial charge in [0.1, 0.15) is 18.4 Å². The molecule has 172 valence electrons. The smallest absolute Gasteiger partial charge is 0.326 e. The van der Waals surface area contributed by atoms with Crippen molar-refractivity contribution in [1.82, 2.24) is 5.32 Å². The van der Waals surface area contributed by atoms with Gasteiger partial charge in [-0.05, 0) is 46.7 Å². The Hall–Kier alpha value is -3.54. The number of nitrogens with one attached hydrogen (secondary N) is 1. The molecule has 0 aliphatic rings. The molecule has 0 bridgehead atoms. The molecule has 4 rings (SSSR count). The van der Waals surface area contributed by atoms with Crippen molar-refractivity contribution in [3.63, 3.8) is 0 Å². The second-order valence-corrected chi connectivity index (χ2v) is 8.56. The number of benzene rings is 4. The summed E-state index contributed by atoms with van der Waals surface area (Å²) in [7, 11) is 0. The van der Waals surface area contributed by atoms with Gasteiger partial charge in [0.15, 0.2) is 0 Å². The largest absolute Gasteiger partial charge is 0.489 e. The maximum atomic E-state index is 12.8. The Morgan fingerprint density at radius 3 is 2.38 bits per heavy atom. The second-order valence-electron chi connectivity index (χ2n) is 7.78. The Morgan fingerprint density at radius 1 is 0.882 bits per heavy atom. The average Bonchev–Trinajstić information content (AvgIpc) is 2.84. The monoisotopic (exact) mass is 493 g/mol. The van der Waals surface area contributed by atoms with Gasteiger partial charge in [-0.15, -0.1) is 0 Å². The predicted octanol–water partition coefficient (Wildman–Crippen LogP) is 6.15. The number of carboxylic acid groups (broad SMARTS) is 1. The Balaban J connectivity index is 1.45. The van der Waals surface area contributed by atoms with Crippen molar-refractivity contribution in [2.45, 2.75) is 19.1 Å². The molecule has 5 nitrogen and oxygen atoms in total. The number of hydrogen-bond acceptors (Lipinski definition) is 3. The summed E-state index contributed by atoms with van der Waals surface area (Å²) in [5.41, 5.74) is 2.00. The zero-order valence-electron chi connectivity index (χ0n) is 18.0. The molecule has 0 fully saturated rings. The van der Waals surface area contributed by atoms with Crippen LogP contribution in [0.4, 0.5) is 0 Å². The number of ether oxygens (including phenoxy) is 1. The minimum Gasteiger partial charge on any atom is -0.489 e. The Morgan fingerprint density at radius 2 is 1.62 bits per heavy atom. The molecule has 0 aliphatic carbocycles. The van der Waals surface area contributed by atoms with Gasteiger partial charge in [0, 0.05) is 17.5 Å². The lowest BCUT2D eigenvalue weighted by Gasteiger charge is -2.15. The SMILES string of the molecule is O=C(NC(Cc1ccccc1)C(=O)O)c1ccc2cc(OCc3cccc(Cl)c3Cl)ccc2c1. The van der Waals surface area contributed by atoms with Gasteiger partial charge in [0.05, 0.1) is 10.0 Å². The fourth-order valence-electron chi connectivity index (χ4n) is 3.57. The fourth-order valence-corrected chi connectivity index (χ4v) is 3.94. The van der Waals surface area contributed by atoms with E-state index in [1.54, 1.807) is 30.3 Å². The number of rotatable bonds is 8. The van der Waals surface area contributed by atoms with Gasteiger partial charge in [-0.3, -0.25) is 4.79 Å². The van der Waals surface area contributed by atoms with Crippen LogP contribution in [-0.2, 0) is 17.8 Å². The van der Waals surface area contributed by atoms with E-state index < -0.39 is 17.9 Å². The van der Waals surface area contributed by atoms with Gasteiger partial charge in [0.25, 0.3) is 5.91 Å². The van der Waals surface area contributed by atoms with Crippen LogP contribution < -0.4 is 10.1 Å². The molecule has 1 atom stereocenters. The van der Waals surface area contributed by atoms with Crippen LogP contribution in [0.3, 0.4) is 0 Å². The number of aliphatic carboxylic acids is 1. The zero-order chi connectivity index (χ0) is 24.1. The lowest BCUT2D eigenvalue weighted by Crippen LogP contribution is -2.42. The van der Waals surface area contributed by atoms with Crippen LogP contribution in [0.15, 0.2) is 84.9 Å². The summed E-state index contributed by atoms with van der Waals surface area (Å²) in [6.45, 7) is 0.267. The van der Waals surface area contributed by atoms with Gasteiger partial charge in [-0.25, -0.2) is 4.79 Å². The van der Waals surface area contributed by atoms with Crippen molar-refractivity contribution in [3.8, 4) is 5.75 Å². The third kappa shape index (κ3) is 5.68. The molecule has 0 saturated heterocycles. The summed E-state index contributed by atoms with van der Waals surface area (Å²) < 4.78 is 5.86. The molecule has 1 unspecified atom stereocenters. The Bertz CT molecular complexity index is 1340. The predicted molar refractivity (Wildman–Crippen MR) is 134 cm³/mol. The maximum Gasteiger partial charge on any atom is 0.326 e. The van der Waals surface area contributed by atoms with E-state index in [4.69, 9.17) is 27.9 Å². The molecular formula is C27H21Cl2NO4. The first-order valence-corrected chi connectivity index (χ1v) is 11.3. The van der Waals surface area contributed by atoms with E-state index in [9.17, 15) is 14.7 Å². The molecule has 0 heterocycles. The van der Waals surface area contributed by atoms with E-state index >= 15 is 0 Å². The summed E-state index contributed by atoms with van der Waals surface area (Å²) in [5, 5.41) is 14.8. The van der Waals surface area contributed by atoms with Crippen LogP contribution in [0.25, 0.3) is 10.8 Å². The molecule has 0 aliphatic heterocycles. The third-order valence-corrected chi connectivity index (χ3v) is 6.24. The van der Waals surface area contributed by atoms with Crippen LogP contribution in [0.2, 0.25) is 10.0 Å².